The van der Waals surface area contributed by atoms with Crippen LogP contribution in [0.4, 0.5) is 0 Å². The highest BCUT2D eigenvalue weighted by molar-refractivity contribution is 7.99. The Labute approximate surface area is 300 Å². The fourth-order valence-electron chi connectivity index (χ4n) is 8.72. The molecule has 0 N–H and O–H groups in total. The quantitative estimate of drug-likeness (QED) is 0.188. The van der Waals surface area contributed by atoms with Crippen molar-refractivity contribution in [3.63, 3.8) is 0 Å². The highest BCUT2D eigenvalue weighted by Crippen LogP contribution is 2.56. The van der Waals surface area contributed by atoms with Crippen LogP contribution >= 0.6 is 11.8 Å². The molecule has 1 aliphatic carbocycles. The summed E-state index contributed by atoms with van der Waals surface area (Å²) >= 11 is 1.80. The van der Waals surface area contributed by atoms with Gasteiger partial charge in [0.25, 0.3) is 0 Å². The van der Waals surface area contributed by atoms with E-state index in [2.05, 4.69) is 170 Å². The van der Waals surface area contributed by atoms with Crippen LogP contribution in [0.3, 0.4) is 0 Å². The van der Waals surface area contributed by atoms with Crippen molar-refractivity contribution < 1.29 is 0 Å². The Morgan fingerprint density at radius 3 is 2.08 bits per heavy atom. The summed E-state index contributed by atoms with van der Waals surface area (Å²) in [6.45, 7) is 4.76. The lowest BCUT2D eigenvalue weighted by Gasteiger charge is -2.25. The predicted molar refractivity (Wildman–Crippen MR) is 212 cm³/mol. The third kappa shape index (κ3) is 4.02. The molecule has 4 heteroatoms. The third-order valence-corrected chi connectivity index (χ3v) is 12.1. The van der Waals surface area contributed by atoms with Crippen LogP contribution in [0.15, 0.2) is 161 Å². The van der Waals surface area contributed by atoms with Gasteiger partial charge in [0.1, 0.15) is 0 Å². The first kappa shape index (κ1) is 28.8. The van der Waals surface area contributed by atoms with Crippen molar-refractivity contribution >= 4 is 44.5 Å². The van der Waals surface area contributed by atoms with Gasteiger partial charge in [-0.25, -0.2) is 9.97 Å². The maximum Gasteiger partial charge on any atom is 0.235 e. The Morgan fingerprint density at radius 1 is 0.549 bits per heavy atom. The highest BCUT2D eigenvalue weighted by Gasteiger charge is 2.40. The number of nitrogens with zero attached hydrogens (tertiary/aromatic N) is 3. The Kier molecular flexibility index (Phi) is 5.95. The van der Waals surface area contributed by atoms with E-state index in [1.54, 1.807) is 11.8 Å². The minimum Gasteiger partial charge on any atom is -0.277 e. The summed E-state index contributed by atoms with van der Waals surface area (Å²) in [4.78, 5) is 13.4. The van der Waals surface area contributed by atoms with Crippen molar-refractivity contribution in [3.8, 4) is 50.6 Å². The van der Waals surface area contributed by atoms with Crippen LogP contribution in [0.5, 0.6) is 0 Å². The average molecular weight is 670 g/mol. The Hall–Kier alpha value is -5.97. The number of hydrogen-bond donors (Lipinski definition) is 0. The molecule has 0 spiro atoms. The summed E-state index contributed by atoms with van der Waals surface area (Å²) in [5, 5.41) is 3.52. The van der Waals surface area contributed by atoms with Crippen molar-refractivity contribution in [1.82, 2.24) is 14.5 Å². The van der Waals surface area contributed by atoms with E-state index in [-0.39, 0.29) is 5.41 Å². The summed E-state index contributed by atoms with van der Waals surface area (Å²) < 4.78 is 2.36. The minimum atomic E-state index is -0.219. The van der Waals surface area contributed by atoms with Gasteiger partial charge in [0.2, 0.25) is 5.95 Å². The van der Waals surface area contributed by atoms with Crippen LogP contribution < -0.4 is 0 Å². The average Bonchev–Trinajstić information content (AvgIpc) is 3.63. The molecule has 0 saturated heterocycles. The van der Waals surface area contributed by atoms with Gasteiger partial charge in [0, 0.05) is 42.5 Å². The van der Waals surface area contributed by atoms with Gasteiger partial charge in [0.05, 0.1) is 22.2 Å². The van der Waals surface area contributed by atoms with Gasteiger partial charge in [0.15, 0.2) is 0 Å². The molecule has 11 rings (SSSR count). The molecule has 0 atom stereocenters. The second kappa shape index (κ2) is 10.5. The molecule has 0 radical (unpaired) electrons. The zero-order valence-electron chi connectivity index (χ0n) is 28.2. The first-order chi connectivity index (χ1) is 25.1. The Balaban J connectivity index is 1.34. The fraction of sp³-hybridized carbons (Fsp3) is 0.0638. The van der Waals surface area contributed by atoms with E-state index in [9.17, 15) is 0 Å². The molecule has 0 fully saturated rings. The summed E-state index contributed by atoms with van der Waals surface area (Å²) in [6.07, 6.45) is 0. The summed E-state index contributed by atoms with van der Waals surface area (Å²) in [6, 6.07) is 55.0. The Bertz CT molecular complexity index is 2900. The third-order valence-electron chi connectivity index (χ3n) is 11.0. The maximum atomic E-state index is 5.53. The number of hydrogen-bond acceptors (Lipinski definition) is 3. The van der Waals surface area contributed by atoms with Gasteiger partial charge in [-0.15, -0.1) is 0 Å². The summed E-state index contributed by atoms with van der Waals surface area (Å²) in [5.74, 6) is 0.695. The molecule has 2 aliphatic rings. The molecule has 51 heavy (non-hydrogen) atoms. The molecule has 9 aromatic rings. The van der Waals surface area contributed by atoms with E-state index >= 15 is 0 Å². The fourth-order valence-corrected chi connectivity index (χ4v) is 9.83. The van der Waals surface area contributed by atoms with Crippen LogP contribution in [-0.2, 0) is 5.41 Å². The van der Waals surface area contributed by atoms with Gasteiger partial charge >= 0.3 is 0 Å². The van der Waals surface area contributed by atoms with Crippen LogP contribution in [0.25, 0.3) is 83.3 Å². The van der Waals surface area contributed by atoms with Crippen LogP contribution in [0.1, 0.15) is 25.0 Å². The highest BCUT2D eigenvalue weighted by atomic mass is 32.2. The van der Waals surface area contributed by atoms with Crippen LogP contribution in [0, 0.1) is 0 Å². The second-order valence-corrected chi connectivity index (χ2v) is 15.2. The lowest BCUT2D eigenvalue weighted by atomic mass is 9.78. The Morgan fingerprint density at radius 2 is 1.25 bits per heavy atom. The lowest BCUT2D eigenvalue weighted by Crippen LogP contribution is -2.16. The first-order valence-electron chi connectivity index (χ1n) is 17.5. The van der Waals surface area contributed by atoms with Gasteiger partial charge in [-0.05, 0) is 75.3 Å². The lowest BCUT2D eigenvalue weighted by molar-refractivity contribution is 0.662. The standard InChI is InChI=1S/C47H31N3S/c1-47(2)36-20-11-9-18-31(36)41-43(47)33(29-16-7-4-8-17-29)27-35-34-26-30(28-14-5-3-6-15-28)24-25-38(34)50(45(35)41)46-48-37-21-13-23-40-42(37)44(49-46)32-19-10-12-22-39(32)51-40/h3-27H,1-2H3. The SMILES string of the molecule is CC1(C)c2ccccc2-c2c1c(-c1ccccc1)cc1c3cc(-c4ccccc4)ccc3n(-c3nc4c5c(cccc5n3)Sc3ccccc3-4)c21. The monoisotopic (exact) mass is 669 g/mol. The zero-order chi connectivity index (χ0) is 33.8. The molecular weight excluding hydrogens is 639 g/mol. The molecule has 2 aromatic heterocycles. The number of rotatable bonds is 3. The molecule has 3 nitrogen and oxygen atoms in total. The molecule has 0 amide bonds. The van der Waals surface area contributed by atoms with Crippen molar-refractivity contribution in [2.24, 2.45) is 0 Å². The maximum absolute atomic E-state index is 5.53. The molecule has 7 aromatic carbocycles. The summed E-state index contributed by atoms with van der Waals surface area (Å²) in [5.41, 5.74) is 15.3. The van der Waals surface area contributed by atoms with E-state index in [4.69, 9.17) is 9.97 Å². The van der Waals surface area contributed by atoms with Gasteiger partial charge in [-0.1, -0.05) is 141 Å². The normalized spacial score (nSPS) is 13.8. The predicted octanol–water partition coefficient (Wildman–Crippen LogP) is 12.5. The summed E-state index contributed by atoms with van der Waals surface area (Å²) in [7, 11) is 0. The number of benzene rings is 7. The van der Waals surface area contributed by atoms with Gasteiger partial charge < -0.3 is 0 Å². The minimum absolute atomic E-state index is 0.219. The van der Waals surface area contributed by atoms with E-state index in [1.165, 1.54) is 65.1 Å². The molecule has 0 unspecified atom stereocenters. The molecule has 240 valence electrons. The van der Waals surface area contributed by atoms with E-state index in [0.717, 1.165) is 33.2 Å². The zero-order valence-corrected chi connectivity index (χ0v) is 29.0. The molecule has 0 saturated carbocycles. The van der Waals surface area contributed by atoms with Crippen LogP contribution in [-0.4, -0.2) is 14.5 Å². The van der Waals surface area contributed by atoms with Crippen molar-refractivity contribution in [3.05, 3.63) is 163 Å². The van der Waals surface area contributed by atoms with E-state index in [1.807, 2.05) is 0 Å². The molecule has 3 heterocycles. The van der Waals surface area contributed by atoms with Gasteiger partial charge in [-0.3, -0.25) is 4.57 Å². The largest absolute Gasteiger partial charge is 0.277 e. The van der Waals surface area contributed by atoms with Crippen molar-refractivity contribution in [2.75, 3.05) is 0 Å². The molecule has 1 aliphatic heterocycles. The topological polar surface area (TPSA) is 30.7 Å². The van der Waals surface area contributed by atoms with Crippen molar-refractivity contribution in [2.45, 2.75) is 29.1 Å². The van der Waals surface area contributed by atoms with E-state index in [0.29, 0.717) is 5.95 Å². The number of fused-ring (bicyclic) bond motifs is 9. The smallest absolute Gasteiger partial charge is 0.235 e. The molecule has 0 bridgehead atoms. The molecular formula is C47H31N3S. The van der Waals surface area contributed by atoms with Crippen LogP contribution in [0.2, 0.25) is 0 Å². The van der Waals surface area contributed by atoms with Gasteiger partial charge in [-0.2, -0.15) is 0 Å². The van der Waals surface area contributed by atoms with Crippen molar-refractivity contribution in [1.29, 1.82) is 0 Å². The second-order valence-electron chi connectivity index (χ2n) is 14.2. The van der Waals surface area contributed by atoms with E-state index < -0.39 is 0 Å². The first-order valence-corrected chi connectivity index (χ1v) is 18.3. The number of aromatic nitrogens is 3.